The van der Waals surface area contributed by atoms with Gasteiger partial charge in [-0.3, -0.25) is 24.6 Å². The van der Waals surface area contributed by atoms with Gasteiger partial charge >= 0.3 is 0 Å². The Morgan fingerprint density at radius 2 is 0.960 bits per heavy atom. The van der Waals surface area contributed by atoms with Crippen LogP contribution in [0.2, 0.25) is 0 Å². The lowest BCUT2D eigenvalue weighted by Gasteiger charge is -2.26. The molecule has 99 heavy (non-hydrogen) atoms. The smallest absolute Gasteiger partial charge is 0.255 e. The Kier molecular flexibility index (Phi) is 23.9. The third kappa shape index (κ3) is 17.6. The minimum Gasteiger partial charge on any atom is -0.393 e. The molecule has 3 saturated carbocycles. The highest BCUT2D eigenvalue weighted by Crippen LogP contribution is 2.42. The number of morpholine rings is 1. The largest absolute Gasteiger partial charge is 0.393 e. The molecule has 11 heterocycles. The van der Waals surface area contributed by atoms with Crippen LogP contribution in [0.3, 0.4) is 0 Å². The number of methoxy groups -OCH3 is 3. The van der Waals surface area contributed by atoms with Crippen LogP contribution in [-0.4, -0.2) is 196 Å². The average Bonchev–Trinajstić information content (AvgIpc) is 1.64. The maximum Gasteiger partial charge on any atom is 0.255 e. The highest BCUT2D eigenvalue weighted by atomic mass is 16.5. The first-order valence-corrected chi connectivity index (χ1v) is 35.9. The van der Waals surface area contributed by atoms with E-state index in [-0.39, 0.29) is 36.2 Å². The van der Waals surface area contributed by atoms with Gasteiger partial charge in [-0.05, 0) is 153 Å². The van der Waals surface area contributed by atoms with Gasteiger partial charge < -0.3 is 50.0 Å². The zero-order chi connectivity index (χ0) is 68.9. The molecule has 528 valence electrons. The van der Waals surface area contributed by atoms with Gasteiger partial charge in [0.25, 0.3) is 5.91 Å². The number of carbonyl (C=O) groups excluding carboxylic acids is 1. The molecule has 9 aromatic heterocycles. The topological polar surface area (TPSA) is 266 Å². The van der Waals surface area contributed by atoms with Gasteiger partial charge in [0.1, 0.15) is 0 Å². The normalized spacial score (nSPS) is 21.5. The lowest BCUT2D eigenvalue weighted by atomic mass is 9.81. The highest BCUT2D eigenvalue weighted by molar-refractivity contribution is 5.96. The molecule has 0 spiro atoms. The number of likely N-dealkylation sites (tertiary alicyclic amines) is 1. The van der Waals surface area contributed by atoms with Crippen LogP contribution in [0.4, 0.5) is 17.8 Å². The molecule has 2 aliphatic heterocycles. The van der Waals surface area contributed by atoms with Crippen molar-refractivity contribution in [3.8, 4) is 33.4 Å². The molecule has 24 heteroatoms. The van der Waals surface area contributed by atoms with Gasteiger partial charge in [-0.2, -0.15) is 0 Å². The molecule has 14 rings (SSSR count). The Hall–Kier alpha value is -8.10. The van der Waals surface area contributed by atoms with Crippen LogP contribution in [0.15, 0.2) is 92.0 Å². The monoisotopic (exact) mass is 1350 g/mol. The van der Waals surface area contributed by atoms with Crippen LogP contribution in [0.25, 0.3) is 49.9 Å². The molecule has 2 saturated heterocycles. The van der Waals surface area contributed by atoms with E-state index in [1.165, 1.54) is 37.1 Å². The molecule has 0 radical (unpaired) electrons. The first kappa shape index (κ1) is 70.8. The number of aliphatic hydroxyl groups is 2. The Balaban J connectivity index is 0.000000142. The second-order valence-corrected chi connectivity index (χ2v) is 28.2. The van der Waals surface area contributed by atoms with Gasteiger partial charge in [-0.15, -0.1) is 15.3 Å². The molecule has 5 aliphatic rings. The predicted molar refractivity (Wildman–Crippen MR) is 384 cm³/mol. The number of aliphatic hydroxyl groups excluding tert-OH is 2. The summed E-state index contributed by atoms with van der Waals surface area (Å²) in [6.07, 6.45) is 28.5. The fourth-order valence-electron chi connectivity index (χ4n) is 14.8. The fourth-order valence-corrected chi connectivity index (χ4v) is 14.8. The summed E-state index contributed by atoms with van der Waals surface area (Å²) in [5.74, 6) is 3.80. The number of amides is 1. The van der Waals surface area contributed by atoms with Crippen LogP contribution < -0.4 is 16.0 Å². The maximum atomic E-state index is 13.0. The van der Waals surface area contributed by atoms with Gasteiger partial charge in [0.2, 0.25) is 17.8 Å². The van der Waals surface area contributed by atoms with Gasteiger partial charge in [-0.25, -0.2) is 28.5 Å². The van der Waals surface area contributed by atoms with Crippen molar-refractivity contribution < 1.29 is 34.0 Å². The maximum absolute atomic E-state index is 13.0. The third-order valence-electron chi connectivity index (χ3n) is 20.2. The number of aryl methyl sites for hydroxylation is 1. The summed E-state index contributed by atoms with van der Waals surface area (Å²) < 4.78 is 27.3. The number of hydrogen-bond acceptors (Lipinski definition) is 20. The van der Waals surface area contributed by atoms with Crippen LogP contribution in [0.5, 0.6) is 0 Å². The minimum absolute atomic E-state index is 0.0386. The number of nitrogens with zero attached hydrogens (tertiary/aromatic N) is 14. The first-order valence-electron chi connectivity index (χ1n) is 35.9. The molecule has 5 N–H and O–H groups in total. The standard InChI is InChI=1S/C26H36N6O3.C26H34N6O3.C23H31N5O/c1-18(17-34-2)29-26-28-15-25-23(13-24(32(25)30-26)19-4-7-22(33)8-5-19)20-3-6-21(27-14-20)16-31-9-11-35-12-10-31;1-17(16-35-2)29-26-28-15-24-22(12-23(32(24)30-26)18-5-7-21(33)8-6-18)19-11-20(14-27-13-19)25(34)31-9-3-4-10-31;1-15-5-7-18(8-6-15)21-10-20(19-9-16(2)11-24-12-19)22-13-25-23(27-28(21)22)26-17(3)14-29-4/h3,6,13-15,18-19,22,33H,4-5,7-12,16-17H2,1-2H3,(H,29,30);11-15,17-18,21,33H,3-10,16H2,1-2H3,(H,29,30);9-13,15,17-18H,5-8,14H2,1-4H3,(H,26,27)/t18-,19?,22?;17-,18?,21?;15?,17-,18?/m000/s1. The van der Waals surface area contributed by atoms with Crippen LogP contribution >= 0.6 is 0 Å². The molecule has 5 fully saturated rings. The van der Waals surface area contributed by atoms with Crippen molar-refractivity contribution in [1.29, 1.82) is 0 Å². The Morgan fingerprint density at radius 3 is 1.39 bits per heavy atom. The van der Waals surface area contributed by atoms with Crippen molar-refractivity contribution in [1.82, 2.24) is 68.5 Å². The summed E-state index contributed by atoms with van der Waals surface area (Å²) >= 11 is 0. The Labute approximate surface area is 581 Å². The van der Waals surface area contributed by atoms with Crippen molar-refractivity contribution in [2.75, 3.05) is 96.5 Å². The van der Waals surface area contributed by atoms with Crippen molar-refractivity contribution in [3.05, 3.63) is 126 Å². The van der Waals surface area contributed by atoms with E-state index in [0.29, 0.717) is 61.0 Å². The third-order valence-corrected chi connectivity index (χ3v) is 20.2. The van der Waals surface area contributed by atoms with Crippen LogP contribution in [0, 0.1) is 12.8 Å². The number of hydrogen-bond donors (Lipinski definition) is 5. The molecule has 24 nitrogen and oxygen atoms in total. The number of carbonyl (C=O) groups is 1. The number of nitrogens with one attached hydrogen (secondary N) is 3. The number of ether oxygens (including phenoxy) is 4. The van der Waals surface area contributed by atoms with Crippen molar-refractivity contribution in [3.63, 3.8) is 0 Å². The number of anilines is 3. The van der Waals surface area contributed by atoms with E-state index < -0.39 is 0 Å². The molecule has 0 aromatic carbocycles. The number of pyridine rings is 3. The summed E-state index contributed by atoms with van der Waals surface area (Å²) in [6, 6.07) is 15.4. The van der Waals surface area contributed by atoms with Crippen LogP contribution in [-0.2, 0) is 25.5 Å². The quantitative estimate of drug-likeness (QED) is 0.0447. The zero-order valence-corrected chi connectivity index (χ0v) is 59.0. The average molecular weight is 1350 g/mol. The van der Waals surface area contributed by atoms with E-state index in [9.17, 15) is 15.0 Å². The first-order chi connectivity index (χ1) is 48.2. The fraction of sp³-hybridized carbons (Fsp3) is 0.547. The highest BCUT2D eigenvalue weighted by Gasteiger charge is 2.30. The van der Waals surface area contributed by atoms with E-state index in [4.69, 9.17) is 39.2 Å². The molecular weight excluding hydrogens is 1250 g/mol. The summed E-state index contributed by atoms with van der Waals surface area (Å²) in [6.45, 7) is 18.2. The molecule has 9 aromatic rings. The predicted octanol–water partition coefficient (Wildman–Crippen LogP) is 11.4. The summed E-state index contributed by atoms with van der Waals surface area (Å²) in [7, 11) is 5.07. The van der Waals surface area contributed by atoms with E-state index >= 15 is 0 Å². The van der Waals surface area contributed by atoms with E-state index in [1.54, 1.807) is 33.7 Å². The minimum atomic E-state index is -0.226. The summed E-state index contributed by atoms with van der Waals surface area (Å²) in [5, 5.41) is 44.7. The van der Waals surface area contributed by atoms with Crippen LogP contribution in [0.1, 0.15) is 174 Å². The van der Waals surface area contributed by atoms with Gasteiger partial charge in [0.15, 0.2) is 0 Å². The van der Waals surface area contributed by atoms with E-state index in [2.05, 4.69) is 107 Å². The van der Waals surface area contributed by atoms with Crippen molar-refractivity contribution >= 4 is 40.3 Å². The molecule has 0 bridgehead atoms. The van der Waals surface area contributed by atoms with Gasteiger partial charge in [0.05, 0.1) is 91.6 Å². The summed E-state index contributed by atoms with van der Waals surface area (Å²) in [5.41, 5.74) is 15.6. The zero-order valence-electron chi connectivity index (χ0n) is 59.0. The van der Waals surface area contributed by atoms with Crippen molar-refractivity contribution in [2.24, 2.45) is 5.92 Å². The second kappa shape index (κ2) is 33.4. The molecule has 3 atom stereocenters. The molecule has 0 unspecified atom stereocenters. The van der Waals surface area contributed by atoms with Crippen molar-refractivity contribution in [2.45, 2.75) is 179 Å². The van der Waals surface area contributed by atoms with E-state index in [1.807, 2.05) is 71.0 Å². The Morgan fingerprint density at radius 1 is 0.525 bits per heavy atom. The summed E-state index contributed by atoms with van der Waals surface area (Å²) in [4.78, 5) is 44.6. The number of rotatable bonds is 21. The lowest BCUT2D eigenvalue weighted by molar-refractivity contribution is 0.0336. The van der Waals surface area contributed by atoms with Gasteiger partial charge in [-0.1, -0.05) is 25.8 Å². The van der Waals surface area contributed by atoms with Gasteiger partial charge in [0, 0.05) is 171 Å². The molecular formula is C75H101N17O7. The number of fused-ring (bicyclic) bond motifs is 3. The SMILES string of the molecule is COC[C@H](C)Nc1ncc2c(-c3ccc(CN4CCOCC4)nc3)cc(C3CCC(O)CC3)n2n1.COC[C@H](C)Nc1ncc2c(-c3cncc(C(=O)N4CCCC4)c3)cc(C3CCC(O)CC3)n2n1.COC[C@H](C)Nc1ncc2c(-c3cncc(C)c3)cc(C3CCC(C)CC3)n2n1. The Bertz CT molecular complexity index is 4090. The van der Waals surface area contributed by atoms with E-state index in [0.717, 1.165) is 183 Å². The second-order valence-electron chi connectivity index (χ2n) is 28.2. The number of aromatic nitrogens is 12. The molecule has 3 aliphatic carbocycles. The molecule has 1 amide bonds. The lowest BCUT2D eigenvalue weighted by Crippen LogP contribution is -2.35.